The number of amides is 2. The molecule has 0 heterocycles. The van der Waals surface area contributed by atoms with E-state index in [2.05, 4.69) is 5.32 Å². The van der Waals surface area contributed by atoms with Crippen LogP contribution >= 0.6 is 0 Å². The van der Waals surface area contributed by atoms with Crippen molar-refractivity contribution in [1.82, 2.24) is 10.2 Å². The van der Waals surface area contributed by atoms with Gasteiger partial charge in [0.1, 0.15) is 11.6 Å². The fourth-order valence-corrected chi connectivity index (χ4v) is 2.66. The highest BCUT2D eigenvalue weighted by atomic mass is 16.2. The summed E-state index contributed by atoms with van der Waals surface area (Å²) in [5.74, 6) is -0.638. The van der Waals surface area contributed by atoms with Gasteiger partial charge in [-0.2, -0.15) is 0 Å². The number of hydrogen-bond acceptors (Lipinski definition) is 5. The molecular formula is C21H36N2O5. The van der Waals surface area contributed by atoms with Crippen LogP contribution in [0.25, 0.3) is 0 Å². The van der Waals surface area contributed by atoms with Crippen molar-refractivity contribution < 1.29 is 24.0 Å². The minimum atomic E-state index is -0.587. The van der Waals surface area contributed by atoms with E-state index in [-0.39, 0.29) is 54.0 Å². The monoisotopic (exact) mass is 396 g/mol. The Hall–Kier alpha value is -2.05. The summed E-state index contributed by atoms with van der Waals surface area (Å²) in [4.78, 5) is 60.5. The van der Waals surface area contributed by atoms with Gasteiger partial charge in [-0.05, 0) is 19.8 Å². The standard InChI is InChI=1S/C21H36N2O5/c1-14(2)18(25)11-7-9-17(24)10-8-12-20(27)23(6)13-19(26)22-16(5)21(28)15(3)4/h14-16H,7-13H2,1-6H3,(H,22,26). The lowest BCUT2D eigenvalue weighted by atomic mass is 10.0. The maximum Gasteiger partial charge on any atom is 0.240 e. The highest BCUT2D eigenvalue weighted by molar-refractivity contribution is 5.91. The Bertz CT molecular complexity index is 569. The molecule has 1 N–H and O–H groups in total. The first kappa shape index (κ1) is 26.0. The second-order valence-corrected chi connectivity index (χ2v) is 7.96. The van der Waals surface area contributed by atoms with Gasteiger partial charge in [-0.3, -0.25) is 24.0 Å². The predicted octanol–water partition coefficient (Wildman–Crippen LogP) is 2.31. The maximum absolute atomic E-state index is 12.1. The van der Waals surface area contributed by atoms with Gasteiger partial charge in [0.25, 0.3) is 0 Å². The van der Waals surface area contributed by atoms with Crippen LogP contribution in [0.3, 0.4) is 0 Å². The summed E-state index contributed by atoms with van der Waals surface area (Å²) in [7, 11) is 1.52. The molecule has 0 aliphatic heterocycles. The van der Waals surface area contributed by atoms with E-state index in [4.69, 9.17) is 0 Å². The number of carbonyl (C=O) groups excluding carboxylic acids is 5. The summed E-state index contributed by atoms with van der Waals surface area (Å²) in [6, 6.07) is -0.587. The Morgan fingerprint density at radius 2 is 1.32 bits per heavy atom. The van der Waals surface area contributed by atoms with Gasteiger partial charge in [0, 0.05) is 44.6 Å². The van der Waals surface area contributed by atoms with Crippen molar-refractivity contribution in [2.45, 2.75) is 79.2 Å². The number of ketones is 3. The molecule has 2 amide bonds. The van der Waals surface area contributed by atoms with Crippen LogP contribution in [-0.4, -0.2) is 53.7 Å². The number of Topliss-reactive ketones (excluding diaryl/α,β-unsaturated/α-hetero) is 3. The molecule has 0 bridgehead atoms. The highest BCUT2D eigenvalue weighted by Gasteiger charge is 2.20. The quantitative estimate of drug-likeness (QED) is 0.485. The highest BCUT2D eigenvalue weighted by Crippen LogP contribution is 2.08. The van der Waals surface area contributed by atoms with E-state index >= 15 is 0 Å². The van der Waals surface area contributed by atoms with Crippen molar-refractivity contribution in [3.63, 3.8) is 0 Å². The van der Waals surface area contributed by atoms with E-state index in [0.717, 1.165) is 0 Å². The van der Waals surface area contributed by atoms with E-state index in [1.165, 1.54) is 11.9 Å². The fourth-order valence-electron chi connectivity index (χ4n) is 2.66. The second kappa shape index (κ2) is 13.2. The first-order valence-corrected chi connectivity index (χ1v) is 10.1. The average Bonchev–Trinajstić information content (AvgIpc) is 2.60. The Morgan fingerprint density at radius 1 is 0.786 bits per heavy atom. The van der Waals surface area contributed by atoms with Gasteiger partial charge in [0.15, 0.2) is 5.78 Å². The van der Waals surface area contributed by atoms with E-state index < -0.39 is 6.04 Å². The van der Waals surface area contributed by atoms with Crippen LogP contribution in [0.2, 0.25) is 0 Å². The third kappa shape index (κ3) is 10.9. The van der Waals surface area contributed by atoms with E-state index in [9.17, 15) is 24.0 Å². The number of likely N-dealkylation sites (N-methyl/N-ethyl adjacent to an activating group) is 1. The van der Waals surface area contributed by atoms with E-state index in [0.29, 0.717) is 32.1 Å². The lowest BCUT2D eigenvalue weighted by Gasteiger charge is -2.19. The van der Waals surface area contributed by atoms with Crippen molar-refractivity contribution in [2.75, 3.05) is 13.6 Å². The van der Waals surface area contributed by atoms with Crippen LogP contribution in [0, 0.1) is 11.8 Å². The van der Waals surface area contributed by atoms with Crippen LogP contribution in [0.15, 0.2) is 0 Å². The van der Waals surface area contributed by atoms with Crippen molar-refractivity contribution in [2.24, 2.45) is 11.8 Å². The molecule has 7 heteroatoms. The summed E-state index contributed by atoms with van der Waals surface area (Å²) in [5.41, 5.74) is 0. The normalized spacial score (nSPS) is 12.0. The Labute approximate surface area is 168 Å². The summed E-state index contributed by atoms with van der Waals surface area (Å²) in [5, 5.41) is 2.60. The first-order chi connectivity index (χ1) is 13.0. The van der Waals surface area contributed by atoms with Crippen LogP contribution < -0.4 is 5.32 Å². The Kier molecular flexibility index (Phi) is 12.2. The molecule has 28 heavy (non-hydrogen) atoms. The Morgan fingerprint density at radius 3 is 1.82 bits per heavy atom. The van der Waals surface area contributed by atoms with Crippen molar-refractivity contribution >= 4 is 29.2 Å². The fraction of sp³-hybridized carbons (Fsp3) is 0.762. The minimum Gasteiger partial charge on any atom is -0.345 e. The van der Waals surface area contributed by atoms with Crippen molar-refractivity contribution in [3.05, 3.63) is 0 Å². The molecule has 0 aromatic carbocycles. The van der Waals surface area contributed by atoms with Crippen LogP contribution in [-0.2, 0) is 24.0 Å². The lowest BCUT2D eigenvalue weighted by molar-refractivity contribution is -0.135. The van der Waals surface area contributed by atoms with Gasteiger partial charge >= 0.3 is 0 Å². The van der Waals surface area contributed by atoms with Crippen LogP contribution in [0.5, 0.6) is 0 Å². The third-order valence-corrected chi connectivity index (χ3v) is 4.55. The molecule has 0 saturated carbocycles. The second-order valence-electron chi connectivity index (χ2n) is 7.96. The molecule has 0 spiro atoms. The summed E-state index contributed by atoms with van der Waals surface area (Å²) in [6.45, 7) is 8.72. The zero-order chi connectivity index (χ0) is 21.9. The predicted molar refractivity (Wildman–Crippen MR) is 108 cm³/mol. The number of nitrogens with zero attached hydrogens (tertiary/aromatic N) is 1. The minimum absolute atomic E-state index is 0.00746. The van der Waals surface area contributed by atoms with Gasteiger partial charge in [-0.1, -0.05) is 27.7 Å². The third-order valence-electron chi connectivity index (χ3n) is 4.55. The van der Waals surface area contributed by atoms with Gasteiger partial charge < -0.3 is 10.2 Å². The van der Waals surface area contributed by atoms with Crippen LogP contribution in [0.4, 0.5) is 0 Å². The Balaban J connectivity index is 4.08. The maximum atomic E-state index is 12.1. The molecular weight excluding hydrogens is 360 g/mol. The van der Waals surface area contributed by atoms with Crippen molar-refractivity contribution in [1.29, 1.82) is 0 Å². The summed E-state index contributed by atoms with van der Waals surface area (Å²) >= 11 is 0. The summed E-state index contributed by atoms with van der Waals surface area (Å²) in [6.07, 6.45) is 2.22. The molecule has 0 rings (SSSR count). The molecule has 0 saturated heterocycles. The number of carbonyl (C=O) groups is 5. The topological polar surface area (TPSA) is 101 Å². The lowest BCUT2D eigenvalue weighted by Crippen LogP contribution is -2.45. The average molecular weight is 397 g/mol. The molecule has 0 aliphatic carbocycles. The number of nitrogens with one attached hydrogen (secondary N) is 1. The molecule has 0 aromatic rings. The van der Waals surface area contributed by atoms with Crippen molar-refractivity contribution in [3.8, 4) is 0 Å². The molecule has 7 nitrogen and oxygen atoms in total. The van der Waals surface area contributed by atoms with Crippen LogP contribution in [0.1, 0.15) is 73.1 Å². The van der Waals surface area contributed by atoms with Gasteiger partial charge in [0.2, 0.25) is 11.8 Å². The molecule has 0 aromatic heterocycles. The molecule has 1 atom stereocenters. The largest absolute Gasteiger partial charge is 0.345 e. The molecule has 0 fully saturated rings. The first-order valence-electron chi connectivity index (χ1n) is 10.1. The number of rotatable bonds is 14. The van der Waals surface area contributed by atoms with Gasteiger partial charge in [0.05, 0.1) is 12.6 Å². The number of hydrogen-bond donors (Lipinski definition) is 1. The zero-order valence-electron chi connectivity index (χ0n) is 18.2. The van der Waals surface area contributed by atoms with Gasteiger partial charge in [-0.15, -0.1) is 0 Å². The smallest absolute Gasteiger partial charge is 0.240 e. The van der Waals surface area contributed by atoms with Gasteiger partial charge in [-0.25, -0.2) is 0 Å². The molecule has 160 valence electrons. The molecule has 0 radical (unpaired) electrons. The SMILES string of the molecule is CC(C)C(=O)CCCC(=O)CCCC(=O)N(C)CC(=O)NC(C)C(=O)C(C)C. The van der Waals surface area contributed by atoms with E-state index in [1.54, 1.807) is 20.8 Å². The van der Waals surface area contributed by atoms with E-state index in [1.807, 2.05) is 13.8 Å². The molecule has 0 aliphatic rings. The summed E-state index contributed by atoms with van der Waals surface area (Å²) < 4.78 is 0. The zero-order valence-corrected chi connectivity index (χ0v) is 18.2. The molecule has 1 unspecified atom stereocenters.